The van der Waals surface area contributed by atoms with Gasteiger partial charge in [-0.1, -0.05) is 78.9 Å². The fourth-order valence-corrected chi connectivity index (χ4v) is 2.83. The molecule has 0 aliphatic heterocycles. The molecule has 3 aliphatic carbocycles. The molecule has 0 heteroatoms. The maximum absolute atomic E-state index is 2.28. The molecule has 3 aliphatic rings. The van der Waals surface area contributed by atoms with E-state index in [0.717, 1.165) is 0 Å². The first-order valence-electron chi connectivity index (χ1n) is 6.89. The summed E-state index contributed by atoms with van der Waals surface area (Å²) in [6.45, 7) is 0. The number of hydrogen-bond acceptors (Lipinski definition) is 0. The number of allylic oxidation sites excluding steroid dienone is 2. The van der Waals surface area contributed by atoms with Crippen molar-refractivity contribution in [3.63, 3.8) is 0 Å². The Kier molecular flexibility index (Phi) is 2.53. The van der Waals surface area contributed by atoms with Gasteiger partial charge >= 0.3 is 0 Å². The maximum Gasteiger partial charge on any atom is -0.0111 e. The SMILES string of the molecule is C1=Cc2ccccc2C1=Cc1ccc2cccccc1-2. The summed E-state index contributed by atoms with van der Waals surface area (Å²) in [6, 6.07) is 23.5. The largest absolute Gasteiger partial charge is 0.0622 e. The van der Waals surface area contributed by atoms with Crippen molar-refractivity contribution in [1.82, 2.24) is 0 Å². The lowest BCUT2D eigenvalue weighted by atomic mass is 10.0. The summed E-state index contributed by atoms with van der Waals surface area (Å²) >= 11 is 0. The minimum absolute atomic E-state index is 1.28. The van der Waals surface area contributed by atoms with E-state index < -0.39 is 0 Å². The molecule has 4 rings (SSSR count). The first-order chi connectivity index (χ1) is 9.92. The Hall–Kier alpha value is -2.60. The van der Waals surface area contributed by atoms with Gasteiger partial charge in [0.15, 0.2) is 0 Å². The fourth-order valence-electron chi connectivity index (χ4n) is 2.83. The molecule has 0 spiro atoms. The first kappa shape index (κ1) is 11.2. The lowest BCUT2D eigenvalue weighted by molar-refractivity contribution is 1.62. The summed E-state index contributed by atoms with van der Waals surface area (Å²) in [5.41, 5.74) is 7.80. The van der Waals surface area contributed by atoms with E-state index in [0.29, 0.717) is 0 Å². The monoisotopic (exact) mass is 254 g/mol. The second kappa shape index (κ2) is 4.50. The van der Waals surface area contributed by atoms with Gasteiger partial charge in [-0.05, 0) is 39.5 Å². The molecule has 0 amide bonds. The van der Waals surface area contributed by atoms with Gasteiger partial charge in [0.05, 0.1) is 0 Å². The molecule has 0 saturated carbocycles. The third-order valence-corrected chi connectivity index (χ3v) is 3.85. The smallest absolute Gasteiger partial charge is 0.0111 e. The van der Waals surface area contributed by atoms with Crippen molar-refractivity contribution in [2.45, 2.75) is 0 Å². The van der Waals surface area contributed by atoms with Crippen LogP contribution < -0.4 is 0 Å². The van der Waals surface area contributed by atoms with Crippen molar-refractivity contribution >= 4 is 17.7 Å². The van der Waals surface area contributed by atoms with Gasteiger partial charge in [-0.25, -0.2) is 0 Å². The Morgan fingerprint density at radius 3 is 2.40 bits per heavy atom. The molecule has 1 aromatic rings. The molecule has 0 radical (unpaired) electrons. The van der Waals surface area contributed by atoms with Gasteiger partial charge in [-0.2, -0.15) is 0 Å². The van der Waals surface area contributed by atoms with E-state index in [9.17, 15) is 0 Å². The third kappa shape index (κ3) is 1.78. The van der Waals surface area contributed by atoms with Crippen molar-refractivity contribution in [1.29, 1.82) is 0 Å². The van der Waals surface area contributed by atoms with Gasteiger partial charge in [-0.3, -0.25) is 0 Å². The Morgan fingerprint density at radius 1 is 0.600 bits per heavy atom. The molecule has 20 heavy (non-hydrogen) atoms. The molecule has 0 saturated heterocycles. The van der Waals surface area contributed by atoms with Crippen molar-refractivity contribution in [3.8, 4) is 11.1 Å². The normalized spacial score (nSPS) is 14.9. The van der Waals surface area contributed by atoms with E-state index in [1.54, 1.807) is 0 Å². The summed E-state index contributed by atoms with van der Waals surface area (Å²) < 4.78 is 0. The highest BCUT2D eigenvalue weighted by molar-refractivity contribution is 5.99. The Bertz CT molecular complexity index is 806. The lowest BCUT2D eigenvalue weighted by Gasteiger charge is -2.01. The van der Waals surface area contributed by atoms with E-state index in [1.807, 2.05) is 0 Å². The van der Waals surface area contributed by atoms with Gasteiger partial charge in [-0.15, -0.1) is 0 Å². The van der Waals surface area contributed by atoms with Crippen LogP contribution in [0.25, 0.3) is 28.9 Å². The summed E-state index contributed by atoms with van der Waals surface area (Å²) in [6.07, 6.45) is 6.67. The molecule has 0 unspecified atom stereocenters. The van der Waals surface area contributed by atoms with Crippen LogP contribution in [0.5, 0.6) is 0 Å². The van der Waals surface area contributed by atoms with Crippen LogP contribution in [0.15, 0.2) is 72.8 Å². The Morgan fingerprint density at radius 2 is 1.40 bits per heavy atom. The third-order valence-electron chi connectivity index (χ3n) is 3.85. The molecular weight excluding hydrogens is 240 g/mol. The van der Waals surface area contributed by atoms with Crippen molar-refractivity contribution < 1.29 is 0 Å². The minimum Gasteiger partial charge on any atom is -0.0622 e. The average Bonchev–Trinajstić information content (AvgIpc) is 2.97. The molecule has 94 valence electrons. The molecular formula is C20H14. The second-order valence-electron chi connectivity index (χ2n) is 5.09. The standard InChI is InChI=1S/C20H14/c1-2-6-15-10-12-17(19(15)8-3-1)14-18-13-11-16-7-4-5-9-20(16)18/h1-14H. The van der Waals surface area contributed by atoms with Crippen molar-refractivity contribution in [2.75, 3.05) is 0 Å². The van der Waals surface area contributed by atoms with Crippen LogP contribution in [0.3, 0.4) is 0 Å². The highest BCUT2D eigenvalue weighted by Crippen LogP contribution is 2.34. The predicted octanol–water partition coefficient (Wildman–Crippen LogP) is 5.36. The van der Waals surface area contributed by atoms with E-state index in [-0.39, 0.29) is 0 Å². The highest BCUT2D eigenvalue weighted by atomic mass is 14.2. The van der Waals surface area contributed by atoms with Crippen LogP contribution in [0.1, 0.15) is 16.7 Å². The zero-order chi connectivity index (χ0) is 13.4. The van der Waals surface area contributed by atoms with Crippen LogP contribution in [-0.4, -0.2) is 0 Å². The second-order valence-corrected chi connectivity index (χ2v) is 5.09. The number of benzene rings is 1. The average molecular weight is 254 g/mol. The van der Waals surface area contributed by atoms with Crippen LogP contribution in [0, 0.1) is 0 Å². The first-order valence-corrected chi connectivity index (χ1v) is 6.89. The Balaban J connectivity index is 1.84. The van der Waals surface area contributed by atoms with E-state index in [4.69, 9.17) is 0 Å². The number of rotatable bonds is 1. The van der Waals surface area contributed by atoms with Gasteiger partial charge in [0.25, 0.3) is 0 Å². The van der Waals surface area contributed by atoms with Crippen LogP contribution in [0.4, 0.5) is 0 Å². The van der Waals surface area contributed by atoms with E-state index >= 15 is 0 Å². The summed E-state index contributed by atoms with van der Waals surface area (Å²) in [4.78, 5) is 0. The number of hydrogen-bond donors (Lipinski definition) is 0. The zero-order valence-corrected chi connectivity index (χ0v) is 11.1. The Labute approximate surface area is 119 Å². The quantitative estimate of drug-likeness (QED) is 0.548. The van der Waals surface area contributed by atoms with Crippen molar-refractivity contribution in [2.24, 2.45) is 0 Å². The van der Waals surface area contributed by atoms with E-state index in [1.165, 1.54) is 33.4 Å². The molecule has 0 bridgehead atoms. The zero-order valence-electron chi connectivity index (χ0n) is 11.1. The van der Waals surface area contributed by atoms with Crippen LogP contribution >= 0.6 is 0 Å². The topological polar surface area (TPSA) is 0 Å². The minimum atomic E-state index is 1.28. The lowest BCUT2D eigenvalue weighted by Crippen LogP contribution is -1.80. The molecule has 0 aromatic heterocycles. The van der Waals surface area contributed by atoms with Crippen LogP contribution in [0.2, 0.25) is 0 Å². The van der Waals surface area contributed by atoms with Gasteiger partial charge in [0, 0.05) is 0 Å². The van der Waals surface area contributed by atoms with Gasteiger partial charge in [0.1, 0.15) is 0 Å². The molecule has 0 heterocycles. The van der Waals surface area contributed by atoms with Gasteiger partial charge < -0.3 is 0 Å². The molecule has 0 N–H and O–H groups in total. The van der Waals surface area contributed by atoms with Crippen LogP contribution in [-0.2, 0) is 0 Å². The summed E-state index contributed by atoms with van der Waals surface area (Å²) in [5.74, 6) is 0. The summed E-state index contributed by atoms with van der Waals surface area (Å²) in [5, 5.41) is 0. The maximum atomic E-state index is 2.28. The highest BCUT2D eigenvalue weighted by Gasteiger charge is 2.11. The van der Waals surface area contributed by atoms with Gasteiger partial charge in [0.2, 0.25) is 0 Å². The molecule has 0 nitrogen and oxygen atoms in total. The van der Waals surface area contributed by atoms with Crippen molar-refractivity contribution in [3.05, 3.63) is 89.5 Å². The summed E-state index contributed by atoms with van der Waals surface area (Å²) in [7, 11) is 0. The molecule has 0 atom stereocenters. The predicted molar refractivity (Wildman–Crippen MR) is 86.4 cm³/mol. The van der Waals surface area contributed by atoms with E-state index in [2.05, 4.69) is 85.0 Å². The molecule has 1 aromatic carbocycles. The molecule has 0 fully saturated rings. The number of fused-ring (bicyclic) bond motifs is 2. The fraction of sp³-hybridized carbons (Fsp3) is 0.